The summed E-state index contributed by atoms with van der Waals surface area (Å²) in [4.78, 5) is 0. The quantitative estimate of drug-likeness (QED) is 0.388. The second-order valence-corrected chi connectivity index (χ2v) is 10.5. The highest BCUT2D eigenvalue weighted by Gasteiger charge is 2.39. The maximum absolute atomic E-state index is 10.7. The van der Waals surface area contributed by atoms with Gasteiger partial charge in [-0.25, -0.2) is 4.68 Å². The molecule has 3 N–H and O–H groups in total. The molecule has 32 heavy (non-hydrogen) atoms. The van der Waals surface area contributed by atoms with Gasteiger partial charge in [0.15, 0.2) is 0 Å². The Kier molecular flexibility index (Phi) is 4.82. The molecular formula is C22H25BrN8O. The molecule has 4 heterocycles. The lowest BCUT2D eigenvalue weighted by atomic mass is 9.80. The summed E-state index contributed by atoms with van der Waals surface area (Å²) in [7, 11) is 0. The van der Waals surface area contributed by atoms with Crippen LogP contribution in [-0.2, 0) is 0 Å². The molecule has 0 spiro atoms. The molecular weight excluding hydrogens is 472 g/mol. The molecule has 10 heteroatoms. The number of aromatic hydroxyl groups is 1. The van der Waals surface area contributed by atoms with Gasteiger partial charge in [0.25, 0.3) is 0 Å². The summed E-state index contributed by atoms with van der Waals surface area (Å²) in [6.45, 7) is 8.83. The van der Waals surface area contributed by atoms with Crippen LogP contribution in [0.2, 0.25) is 0 Å². The number of nitrogens with zero attached hydrogens (tertiary/aromatic N) is 6. The zero-order valence-corrected chi connectivity index (χ0v) is 20.0. The largest absolute Gasteiger partial charge is 0.507 e. The first-order valence-corrected chi connectivity index (χ1v) is 11.3. The molecule has 0 amide bonds. The SMILES string of the molecule is CC1(C)CC(n2nnc3cc(-c4ccc(-c5cn[nH]c5Br)cc4O)nnc32)CC(C)(C)N1. The highest BCUT2D eigenvalue weighted by molar-refractivity contribution is 9.10. The number of phenolic OH excluding ortho intramolecular Hbond substituents is 1. The minimum absolute atomic E-state index is 0.0183. The first-order valence-electron chi connectivity index (χ1n) is 10.5. The molecule has 0 unspecified atom stereocenters. The van der Waals surface area contributed by atoms with Crippen molar-refractivity contribution in [3.8, 4) is 28.1 Å². The van der Waals surface area contributed by atoms with E-state index in [4.69, 9.17) is 0 Å². The minimum atomic E-state index is -0.0183. The molecule has 1 saturated heterocycles. The van der Waals surface area contributed by atoms with Crippen LogP contribution in [0.4, 0.5) is 0 Å². The zero-order chi connectivity index (χ0) is 22.7. The van der Waals surface area contributed by atoms with Crippen molar-refractivity contribution in [2.75, 3.05) is 0 Å². The average molecular weight is 497 g/mol. The van der Waals surface area contributed by atoms with Crippen molar-refractivity contribution < 1.29 is 5.11 Å². The van der Waals surface area contributed by atoms with E-state index < -0.39 is 0 Å². The molecule has 0 bridgehead atoms. The van der Waals surface area contributed by atoms with E-state index in [1.54, 1.807) is 12.3 Å². The minimum Gasteiger partial charge on any atom is -0.507 e. The van der Waals surface area contributed by atoms with E-state index in [-0.39, 0.29) is 22.9 Å². The van der Waals surface area contributed by atoms with Crippen LogP contribution in [0.1, 0.15) is 46.6 Å². The summed E-state index contributed by atoms with van der Waals surface area (Å²) in [6.07, 6.45) is 3.54. The van der Waals surface area contributed by atoms with Gasteiger partial charge in [-0.15, -0.1) is 15.3 Å². The van der Waals surface area contributed by atoms with E-state index in [1.165, 1.54) is 0 Å². The van der Waals surface area contributed by atoms with Crippen LogP contribution < -0.4 is 5.32 Å². The molecule has 0 saturated carbocycles. The molecule has 4 aromatic rings. The number of hydrogen-bond acceptors (Lipinski definition) is 7. The molecule has 5 rings (SSSR count). The Hall–Kier alpha value is -2.85. The van der Waals surface area contributed by atoms with Crippen molar-refractivity contribution in [2.45, 2.75) is 57.7 Å². The first-order chi connectivity index (χ1) is 15.1. The molecule has 0 aliphatic carbocycles. The summed E-state index contributed by atoms with van der Waals surface area (Å²) in [5.74, 6) is 0.110. The van der Waals surface area contributed by atoms with Crippen LogP contribution in [0.25, 0.3) is 33.5 Å². The lowest BCUT2D eigenvalue weighted by Gasteiger charge is -2.46. The predicted molar refractivity (Wildman–Crippen MR) is 125 cm³/mol. The van der Waals surface area contributed by atoms with Crippen molar-refractivity contribution in [3.05, 3.63) is 35.1 Å². The molecule has 0 radical (unpaired) electrons. The number of piperidine rings is 1. The number of benzene rings is 1. The third-order valence-corrected chi connectivity index (χ3v) is 6.52. The normalized spacial score (nSPS) is 18.3. The van der Waals surface area contributed by atoms with Crippen LogP contribution >= 0.6 is 15.9 Å². The number of rotatable bonds is 3. The van der Waals surface area contributed by atoms with Gasteiger partial charge in [0.1, 0.15) is 15.9 Å². The van der Waals surface area contributed by atoms with Crippen molar-refractivity contribution in [1.82, 2.24) is 40.7 Å². The molecule has 3 aromatic heterocycles. The Labute approximate surface area is 193 Å². The van der Waals surface area contributed by atoms with Crippen molar-refractivity contribution in [2.24, 2.45) is 0 Å². The van der Waals surface area contributed by atoms with Gasteiger partial charge in [-0.2, -0.15) is 5.10 Å². The molecule has 1 aliphatic rings. The van der Waals surface area contributed by atoms with Gasteiger partial charge in [0, 0.05) is 22.2 Å². The Bertz CT molecular complexity index is 1290. The molecule has 9 nitrogen and oxygen atoms in total. The lowest BCUT2D eigenvalue weighted by molar-refractivity contribution is 0.127. The van der Waals surface area contributed by atoms with E-state index in [2.05, 4.69) is 79.6 Å². The second-order valence-electron chi connectivity index (χ2n) is 9.76. The summed E-state index contributed by atoms with van der Waals surface area (Å²) in [5, 5.41) is 38.8. The van der Waals surface area contributed by atoms with Crippen molar-refractivity contribution in [1.29, 1.82) is 0 Å². The van der Waals surface area contributed by atoms with E-state index in [0.29, 0.717) is 22.4 Å². The number of fused-ring (bicyclic) bond motifs is 1. The van der Waals surface area contributed by atoms with E-state index in [1.807, 2.05) is 22.9 Å². The molecule has 1 aliphatic heterocycles. The summed E-state index contributed by atoms with van der Waals surface area (Å²) >= 11 is 3.42. The second kappa shape index (κ2) is 7.35. The van der Waals surface area contributed by atoms with Crippen molar-refractivity contribution in [3.63, 3.8) is 0 Å². The van der Waals surface area contributed by atoms with Gasteiger partial charge in [0.2, 0.25) is 5.65 Å². The summed E-state index contributed by atoms with van der Waals surface area (Å²) < 4.78 is 2.65. The Morgan fingerprint density at radius 3 is 2.44 bits per heavy atom. The van der Waals surface area contributed by atoms with Crippen LogP contribution in [0.5, 0.6) is 5.75 Å². The van der Waals surface area contributed by atoms with E-state index in [0.717, 1.165) is 28.6 Å². The van der Waals surface area contributed by atoms with E-state index >= 15 is 0 Å². The fourth-order valence-electron chi connectivity index (χ4n) is 4.96. The first kappa shape index (κ1) is 21.0. The molecule has 166 valence electrons. The molecule has 1 fully saturated rings. The topological polar surface area (TPSA) is 117 Å². The summed E-state index contributed by atoms with van der Waals surface area (Å²) in [5.41, 5.74) is 4.11. The smallest absolute Gasteiger partial charge is 0.201 e. The Morgan fingerprint density at radius 2 is 1.78 bits per heavy atom. The predicted octanol–water partition coefficient (Wildman–Crippen LogP) is 4.23. The van der Waals surface area contributed by atoms with Crippen LogP contribution in [0.15, 0.2) is 35.1 Å². The van der Waals surface area contributed by atoms with E-state index in [9.17, 15) is 5.11 Å². The fraction of sp³-hybridized carbons (Fsp3) is 0.409. The molecule has 0 atom stereocenters. The van der Waals surface area contributed by atoms with Crippen molar-refractivity contribution >= 4 is 27.1 Å². The monoisotopic (exact) mass is 496 g/mol. The van der Waals surface area contributed by atoms with Gasteiger partial charge in [0.05, 0.1) is 17.9 Å². The number of aromatic nitrogens is 7. The van der Waals surface area contributed by atoms with Gasteiger partial charge >= 0.3 is 0 Å². The number of nitrogens with one attached hydrogen (secondary N) is 2. The maximum atomic E-state index is 10.7. The van der Waals surface area contributed by atoms with Gasteiger partial charge in [-0.3, -0.25) is 5.10 Å². The third-order valence-electron chi connectivity index (χ3n) is 5.91. The Morgan fingerprint density at radius 1 is 1.03 bits per heavy atom. The third kappa shape index (κ3) is 3.77. The standard InChI is InChI=1S/C22H25BrN8O/c1-21(2)9-13(10-22(3,4)29-21)31-20-17(26-30-31)8-16(25-28-20)14-6-5-12(7-18(14)32)15-11-24-27-19(15)23/h5-8,11,13,29,32H,9-10H2,1-4H3,(H,24,27). The maximum Gasteiger partial charge on any atom is 0.201 e. The van der Waals surface area contributed by atoms with Gasteiger partial charge < -0.3 is 10.4 Å². The van der Waals surface area contributed by atoms with Gasteiger partial charge in [-0.1, -0.05) is 11.3 Å². The van der Waals surface area contributed by atoms with Gasteiger partial charge in [-0.05, 0) is 80.2 Å². The highest BCUT2D eigenvalue weighted by Crippen LogP contribution is 2.38. The number of phenols is 1. The average Bonchev–Trinajstić information content (AvgIpc) is 3.31. The number of halogens is 1. The zero-order valence-electron chi connectivity index (χ0n) is 18.4. The van der Waals surface area contributed by atoms with Crippen LogP contribution in [0.3, 0.4) is 0 Å². The van der Waals surface area contributed by atoms with Crippen LogP contribution in [0, 0.1) is 0 Å². The molecule has 1 aromatic carbocycles. The lowest BCUT2D eigenvalue weighted by Crippen LogP contribution is -2.58. The highest BCUT2D eigenvalue weighted by atomic mass is 79.9. The Balaban J connectivity index is 1.49. The number of aromatic amines is 1. The fourth-order valence-corrected chi connectivity index (χ4v) is 5.39. The number of hydrogen-bond donors (Lipinski definition) is 3. The number of H-pyrrole nitrogens is 1. The van der Waals surface area contributed by atoms with Crippen LogP contribution in [-0.4, -0.2) is 51.6 Å². The summed E-state index contributed by atoms with van der Waals surface area (Å²) in [6, 6.07) is 7.42.